The van der Waals surface area contributed by atoms with Gasteiger partial charge >= 0.3 is 0 Å². The van der Waals surface area contributed by atoms with E-state index in [0.29, 0.717) is 11.9 Å². The number of rotatable bonds is 2. The van der Waals surface area contributed by atoms with E-state index in [0.717, 1.165) is 23.4 Å². The van der Waals surface area contributed by atoms with Gasteiger partial charge in [0, 0.05) is 18.7 Å². The summed E-state index contributed by atoms with van der Waals surface area (Å²) in [5.41, 5.74) is 5.92. The Balaban J connectivity index is 1.89. The van der Waals surface area contributed by atoms with E-state index >= 15 is 0 Å². The van der Waals surface area contributed by atoms with Crippen molar-refractivity contribution in [3.63, 3.8) is 0 Å². The van der Waals surface area contributed by atoms with Crippen LogP contribution in [0.1, 0.15) is 38.5 Å². The zero-order chi connectivity index (χ0) is 13.2. The molecule has 0 bridgehead atoms. The molecular formula is C14H22N4S. The molecular weight excluding hydrogens is 256 g/mol. The van der Waals surface area contributed by atoms with Gasteiger partial charge in [0.05, 0.1) is 0 Å². The molecule has 0 spiro atoms. The molecule has 0 aromatic carbocycles. The van der Waals surface area contributed by atoms with E-state index in [4.69, 9.17) is 5.73 Å². The highest BCUT2D eigenvalue weighted by Gasteiger charge is 2.34. The molecule has 2 N–H and O–H groups in total. The van der Waals surface area contributed by atoms with Crippen molar-refractivity contribution < 1.29 is 0 Å². The van der Waals surface area contributed by atoms with Crippen LogP contribution in [0.15, 0.2) is 11.2 Å². The average molecular weight is 278 g/mol. The van der Waals surface area contributed by atoms with Crippen LogP contribution in [0.4, 0.5) is 11.6 Å². The minimum atomic E-state index is 0.590. The number of piperidine rings is 1. The molecule has 1 aromatic heterocycles. The summed E-state index contributed by atoms with van der Waals surface area (Å²) in [7, 11) is 0. The van der Waals surface area contributed by atoms with Gasteiger partial charge in [-0.2, -0.15) is 0 Å². The summed E-state index contributed by atoms with van der Waals surface area (Å²) in [4.78, 5) is 11.4. The van der Waals surface area contributed by atoms with Gasteiger partial charge in [0.15, 0.2) is 5.16 Å². The van der Waals surface area contributed by atoms with Crippen LogP contribution in [0.2, 0.25) is 0 Å². The molecule has 19 heavy (non-hydrogen) atoms. The van der Waals surface area contributed by atoms with Crippen LogP contribution in [-0.2, 0) is 0 Å². The van der Waals surface area contributed by atoms with Crippen molar-refractivity contribution >= 4 is 23.4 Å². The maximum Gasteiger partial charge on any atom is 0.191 e. The first-order chi connectivity index (χ1) is 9.28. The Morgan fingerprint density at radius 2 is 2.00 bits per heavy atom. The predicted octanol–water partition coefficient (Wildman–Crippen LogP) is 2.94. The SMILES string of the molecule is CSc1nc(N)cc(N2CCC[C@H]3CCCC[C@H]32)n1. The smallest absolute Gasteiger partial charge is 0.191 e. The second kappa shape index (κ2) is 5.57. The van der Waals surface area contributed by atoms with Gasteiger partial charge < -0.3 is 10.6 Å². The zero-order valence-electron chi connectivity index (χ0n) is 11.5. The van der Waals surface area contributed by atoms with Crippen LogP contribution < -0.4 is 10.6 Å². The molecule has 2 atom stereocenters. The van der Waals surface area contributed by atoms with E-state index in [9.17, 15) is 0 Å². The molecule has 1 saturated heterocycles. The summed E-state index contributed by atoms with van der Waals surface area (Å²) in [6, 6.07) is 2.61. The third kappa shape index (κ3) is 2.66. The molecule has 1 saturated carbocycles. The van der Waals surface area contributed by atoms with Crippen LogP contribution in [0, 0.1) is 5.92 Å². The van der Waals surface area contributed by atoms with Crippen molar-refractivity contribution in [1.29, 1.82) is 0 Å². The Hall–Kier alpha value is -0.970. The highest BCUT2D eigenvalue weighted by molar-refractivity contribution is 7.98. The van der Waals surface area contributed by atoms with Gasteiger partial charge in [-0.25, -0.2) is 9.97 Å². The molecule has 1 aromatic rings. The van der Waals surface area contributed by atoms with Crippen molar-refractivity contribution in [3.05, 3.63) is 6.07 Å². The summed E-state index contributed by atoms with van der Waals surface area (Å²) in [6.45, 7) is 1.12. The van der Waals surface area contributed by atoms with Gasteiger partial charge in [0.25, 0.3) is 0 Å². The van der Waals surface area contributed by atoms with Crippen LogP contribution in [-0.4, -0.2) is 28.8 Å². The highest BCUT2D eigenvalue weighted by Crippen LogP contribution is 2.37. The molecule has 0 amide bonds. The maximum atomic E-state index is 5.92. The molecule has 0 unspecified atom stereocenters. The molecule has 3 rings (SSSR count). The van der Waals surface area contributed by atoms with Crippen LogP contribution in [0.25, 0.3) is 0 Å². The van der Waals surface area contributed by atoms with Crippen molar-refractivity contribution in [2.75, 3.05) is 23.4 Å². The molecule has 5 heteroatoms. The Morgan fingerprint density at radius 3 is 2.84 bits per heavy atom. The molecule has 2 heterocycles. The number of hydrogen-bond acceptors (Lipinski definition) is 5. The third-order valence-electron chi connectivity index (χ3n) is 4.43. The van der Waals surface area contributed by atoms with Crippen LogP contribution in [0.3, 0.4) is 0 Å². The lowest BCUT2D eigenvalue weighted by atomic mass is 9.78. The minimum Gasteiger partial charge on any atom is -0.383 e. The van der Waals surface area contributed by atoms with Gasteiger partial charge in [-0.1, -0.05) is 24.6 Å². The lowest BCUT2D eigenvalue weighted by Gasteiger charge is -2.44. The molecule has 2 fully saturated rings. The number of nitrogens with two attached hydrogens (primary N) is 1. The highest BCUT2D eigenvalue weighted by atomic mass is 32.2. The van der Waals surface area contributed by atoms with E-state index in [-0.39, 0.29) is 0 Å². The van der Waals surface area contributed by atoms with Gasteiger partial charge in [-0.15, -0.1) is 0 Å². The van der Waals surface area contributed by atoms with Crippen molar-refractivity contribution in [3.8, 4) is 0 Å². The second-order valence-electron chi connectivity index (χ2n) is 5.59. The van der Waals surface area contributed by atoms with Crippen molar-refractivity contribution in [1.82, 2.24) is 9.97 Å². The topological polar surface area (TPSA) is 55.0 Å². The fourth-order valence-corrected chi connectivity index (χ4v) is 3.96. The quantitative estimate of drug-likeness (QED) is 0.666. The first kappa shape index (κ1) is 13.0. The van der Waals surface area contributed by atoms with Crippen LogP contribution >= 0.6 is 11.8 Å². The number of hydrogen-bond donors (Lipinski definition) is 1. The molecule has 4 nitrogen and oxygen atoms in total. The molecule has 1 aliphatic heterocycles. The summed E-state index contributed by atoms with van der Waals surface area (Å²) in [5.74, 6) is 2.48. The lowest BCUT2D eigenvalue weighted by Crippen LogP contribution is -2.47. The van der Waals surface area contributed by atoms with E-state index in [1.54, 1.807) is 11.8 Å². The second-order valence-corrected chi connectivity index (χ2v) is 6.36. The van der Waals surface area contributed by atoms with E-state index < -0.39 is 0 Å². The Bertz CT molecular complexity index is 449. The Kier molecular flexibility index (Phi) is 3.82. The van der Waals surface area contributed by atoms with Crippen molar-refractivity contribution in [2.45, 2.75) is 49.7 Å². The first-order valence-corrected chi connectivity index (χ1v) is 8.45. The Labute approximate surface area is 119 Å². The van der Waals surface area contributed by atoms with E-state index in [1.807, 2.05) is 12.3 Å². The minimum absolute atomic E-state index is 0.590. The number of fused-ring (bicyclic) bond motifs is 1. The van der Waals surface area contributed by atoms with Crippen LogP contribution in [0.5, 0.6) is 0 Å². The summed E-state index contributed by atoms with van der Waals surface area (Å²) < 4.78 is 0. The number of nitrogens with zero attached hydrogens (tertiary/aromatic N) is 3. The van der Waals surface area contributed by atoms with E-state index in [2.05, 4.69) is 14.9 Å². The lowest BCUT2D eigenvalue weighted by molar-refractivity contribution is 0.242. The summed E-state index contributed by atoms with van der Waals surface area (Å²) in [6.07, 6.45) is 10.1. The molecule has 104 valence electrons. The molecule has 2 aliphatic rings. The van der Waals surface area contributed by atoms with E-state index in [1.165, 1.54) is 38.5 Å². The van der Waals surface area contributed by atoms with Gasteiger partial charge in [0.1, 0.15) is 11.6 Å². The largest absolute Gasteiger partial charge is 0.383 e. The number of anilines is 2. The Morgan fingerprint density at radius 1 is 1.21 bits per heavy atom. The van der Waals surface area contributed by atoms with Gasteiger partial charge in [-0.05, 0) is 37.9 Å². The zero-order valence-corrected chi connectivity index (χ0v) is 12.3. The maximum absolute atomic E-state index is 5.92. The number of nitrogen functional groups attached to an aromatic ring is 1. The monoisotopic (exact) mass is 278 g/mol. The normalized spacial score (nSPS) is 27.1. The fourth-order valence-electron chi connectivity index (χ4n) is 3.58. The molecule has 1 aliphatic carbocycles. The fraction of sp³-hybridized carbons (Fsp3) is 0.714. The first-order valence-electron chi connectivity index (χ1n) is 7.23. The predicted molar refractivity (Wildman–Crippen MR) is 80.6 cm³/mol. The average Bonchev–Trinajstić information content (AvgIpc) is 2.46. The summed E-state index contributed by atoms with van der Waals surface area (Å²) >= 11 is 1.56. The van der Waals surface area contributed by atoms with Crippen molar-refractivity contribution in [2.24, 2.45) is 5.92 Å². The standard InChI is InChI=1S/C14H22N4S/c1-19-14-16-12(15)9-13(17-14)18-8-4-6-10-5-2-3-7-11(10)18/h9-11H,2-8H2,1H3,(H2,15,16,17)/t10-,11-/m1/s1. The van der Waals surface area contributed by atoms with Gasteiger partial charge in [-0.3, -0.25) is 0 Å². The molecule has 0 radical (unpaired) electrons. The van der Waals surface area contributed by atoms with Gasteiger partial charge in [0.2, 0.25) is 0 Å². The number of thioether (sulfide) groups is 1. The summed E-state index contributed by atoms with van der Waals surface area (Å²) in [5, 5.41) is 0.785. The number of aromatic nitrogens is 2. The third-order valence-corrected chi connectivity index (χ3v) is 4.98.